The summed E-state index contributed by atoms with van der Waals surface area (Å²) in [6.07, 6.45) is 17.4. The van der Waals surface area contributed by atoms with E-state index in [0.29, 0.717) is 42.2 Å². The smallest absolute Gasteiger partial charge is 0.258 e. The van der Waals surface area contributed by atoms with Crippen molar-refractivity contribution in [2.24, 2.45) is 29.6 Å². The van der Waals surface area contributed by atoms with Crippen LogP contribution >= 0.6 is 0 Å². The first kappa shape index (κ1) is 29.6. The molecule has 3 aliphatic carbocycles. The Labute approximate surface area is 234 Å². The van der Waals surface area contributed by atoms with Crippen molar-refractivity contribution in [3.8, 4) is 5.88 Å². The number of aromatic nitrogens is 2. The van der Waals surface area contributed by atoms with Crippen LogP contribution in [0.5, 0.6) is 5.88 Å². The minimum atomic E-state index is -0.579. The number of aliphatic hydroxyl groups excluding tert-OH is 1. The molecule has 2 bridgehead atoms. The van der Waals surface area contributed by atoms with Gasteiger partial charge in [0, 0.05) is 31.2 Å². The lowest BCUT2D eigenvalue weighted by atomic mass is 9.65. The summed E-state index contributed by atoms with van der Waals surface area (Å²) in [5.41, 5.74) is -0.182. The quantitative estimate of drug-likeness (QED) is 0.338. The molecular formula is C31H50N4O4. The molecular weight excluding hydrogens is 492 g/mol. The second-order valence-corrected chi connectivity index (χ2v) is 13.3. The molecule has 2 amide bonds. The van der Waals surface area contributed by atoms with Gasteiger partial charge in [-0.3, -0.25) is 9.59 Å². The molecule has 8 nitrogen and oxygen atoms in total. The molecule has 4 rings (SSSR count). The maximum atomic E-state index is 13.5. The van der Waals surface area contributed by atoms with Gasteiger partial charge in [-0.2, -0.15) is 5.10 Å². The number of amides is 2. The second-order valence-electron chi connectivity index (χ2n) is 13.3. The fraction of sp³-hybridized carbons (Fsp3) is 0.774. The summed E-state index contributed by atoms with van der Waals surface area (Å²) in [4.78, 5) is 26.2. The number of carbonyl (C=O) groups excluding carboxylic acids is 2. The van der Waals surface area contributed by atoms with Gasteiger partial charge in [-0.05, 0) is 69.3 Å². The largest absolute Gasteiger partial charge is 0.477 e. The summed E-state index contributed by atoms with van der Waals surface area (Å²) in [5, 5.41) is 20.9. The van der Waals surface area contributed by atoms with Gasteiger partial charge < -0.3 is 20.5 Å². The van der Waals surface area contributed by atoms with Crippen LogP contribution in [0.25, 0.3) is 6.20 Å². The van der Waals surface area contributed by atoms with Crippen LogP contribution in [0.2, 0.25) is 0 Å². The summed E-state index contributed by atoms with van der Waals surface area (Å²) in [6.45, 7) is 8.59. The minimum Gasteiger partial charge on any atom is -0.477 e. The van der Waals surface area contributed by atoms with E-state index in [4.69, 9.17) is 4.74 Å². The van der Waals surface area contributed by atoms with Crippen molar-refractivity contribution in [1.82, 2.24) is 20.4 Å². The predicted octanol–water partition coefficient (Wildman–Crippen LogP) is 5.17. The maximum absolute atomic E-state index is 13.5. The number of carbonyl (C=O) groups is 2. The number of nitrogens with one attached hydrogen (secondary N) is 2. The maximum Gasteiger partial charge on any atom is 0.258 e. The number of rotatable bonds is 12. The lowest BCUT2D eigenvalue weighted by Gasteiger charge is -2.45. The Morgan fingerprint density at radius 3 is 2.67 bits per heavy atom. The zero-order valence-electron chi connectivity index (χ0n) is 24.5. The van der Waals surface area contributed by atoms with Gasteiger partial charge in [0.25, 0.3) is 5.91 Å². The molecule has 39 heavy (non-hydrogen) atoms. The highest BCUT2D eigenvalue weighted by molar-refractivity contribution is 5.96. The topological polar surface area (TPSA) is 105 Å². The molecule has 4 atom stereocenters. The fourth-order valence-electron chi connectivity index (χ4n) is 6.84. The number of hydrogen-bond donors (Lipinski definition) is 3. The highest BCUT2D eigenvalue weighted by atomic mass is 16.5. The van der Waals surface area contributed by atoms with Crippen molar-refractivity contribution in [2.75, 3.05) is 13.2 Å². The summed E-state index contributed by atoms with van der Waals surface area (Å²) < 4.78 is 7.70. The van der Waals surface area contributed by atoms with E-state index in [-0.39, 0.29) is 36.3 Å². The molecule has 0 spiro atoms. The third-order valence-electron chi connectivity index (χ3n) is 8.90. The average molecular weight is 543 g/mol. The molecule has 1 aromatic heterocycles. The zero-order chi connectivity index (χ0) is 28.0. The van der Waals surface area contributed by atoms with E-state index >= 15 is 0 Å². The summed E-state index contributed by atoms with van der Waals surface area (Å²) in [6, 6.07) is -0.0331. The SMILES string of the molecule is CC(C)COc1c(C(=O)N[C@@H]2C(CO)CC3CCCC2C3)cnn1/C=C/C(C)(C)NC(=O)CCC1CCCC1. The van der Waals surface area contributed by atoms with Crippen molar-refractivity contribution in [1.29, 1.82) is 0 Å². The van der Waals surface area contributed by atoms with Crippen LogP contribution < -0.4 is 15.4 Å². The summed E-state index contributed by atoms with van der Waals surface area (Å²) in [7, 11) is 0. The van der Waals surface area contributed by atoms with Crippen LogP contribution in [0.4, 0.5) is 0 Å². The van der Waals surface area contributed by atoms with Crippen molar-refractivity contribution < 1.29 is 19.4 Å². The Balaban J connectivity index is 1.44. The van der Waals surface area contributed by atoms with Gasteiger partial charge >= 0.3 is 0 Å². The van der Waals surface area contributed by atoms with Gasteiger partial charge in [-0.25, -0.2) is 4.68 Å². The lowest BCUT2D eigenvalue weighted by molar-refractivity contribution is -0.122. The van der Waals surface area contributed by atoms with Crippen molar-refractivity contribution >= 4 is 18.0 Å². The van der Waals surface area contributed by atoms with Crippen LogP contribution in [0.3, 0.4) is 0 Å². The minimum absolute atomic E-state index is 0.0331. The number of fused-ring (bicyclic) bond motifs is 2. The third-order valence-corrected chi connectivity index (χ3v) is 8.90. The van der Waals surface area contributed by atoms with E-state index < -0.39 is 5.54 Å². The molecule has 1 heterocycles. The van der Waals surface area contributed by atoms with E-state index in [1.807, 2.05) is 19.9 Å². The van der Waals surface area contributed by atoms with E-state index in [2.05, 4.69) is 29.6 Å². The van der Waals surface area contributed by atoms with Crippen LogP contribution in [0.15, 0.2) is 12.3 Å². The Morgan fingerprint density at radius 2 is 1.95 bits per heavy atom. The Kier molecular flexibility index (Phi) is 10.1. The van der Waals surface area contributed by atoms with Crippen LogP contribution in [-0.2, 0) is 4.79 Å². The molecule has 0 radical (unpaired) electrons. The first-order valence-electron chi connectivity index (χ1n) is 15.3. The Bertz CT molecular complexity index is 993. The van der Waals surface area contributed by atoms with Crippen molar-refractivity contribution in [3.63, 3.8) is 0 Å². The standard InChI is InChI=1S/C31H50N4O4/c1-21(2)20-39-30-26(29(38)33-28-24-11-7-10-23(16-24)17-25(28)19-36)18-32-35(30)15-14-31(3,4)34-27(37)13-12-22-8-5-6-9-22/h14-15,18,21-25,28,36H,5-13,16-17,19-20H2,1-4H3,(H,33,38)(H,34,37)/b15-14+/t23?,24?,25?,28-/m0/s1. The highest BCUT2D eigenvalue weighted by Gasteiger charge is 2.40. The summed E-state index contributed by atoms with van der Waals surface area (Å²) in [5.74, 6) is 2.38. The van der Waals surface area contributed by atoms with E-state index in [1.54, 1.807) is 17.1 Å². The van der Waals surface area contributed by atoms with Gasteiger partial charge in [-0.15, -0.1) is 0 Å². The van der Waals surface area contributed by atoms with Gasteiger partial charge in [0.2, 0.25) is 11.8 Å². The van der Waals surface area contributed by atoms with Crippen LogP contribution in [0, 0.1) is 29.6 Å². The molecule has 0 aromatic carbocycles. The van der Waals surface area contributed by atoms with Crippen molar-refractivity contribution in [3.05, 3.63) is 17.8 Å². The molecule has 1 aromatic rings. The van der Waals surface area contributed by atoms with E-state index in [0.717, 1.165) is 25.7 Å². The van der Waals surface area contributed by atoms with Crippen LogP contribution in [0.1, 0.15) is 109 Å². The first-order valence-corrected chi connectivity index (χ1v) is 15.3. The molecule has 3 aliphatic rings. The number of ether oxygens (including phenoxy) is 1. The third kappa shape index (κ3) is 8.09. The Hall–Kier alpha value is -2.35. The fourth-order valence-corrected chi connectivity index (χ4v) is 6.84. The molecule has 3 saturated carbocycles. The lowest BCUT2D eigenvalue weighted by Crippen LogP contribution is -2.51. The second kappa shape index (κ2) is 13.3. The van der Waals surface area contributed by atoms with Crippen molar-refractivity contribution in [2.45, 2.75) is 110 Å². The zero-order valence-corrected chi connectivity index (χ0v) is 24.5. The molecule has 3 N–H and O–H groups in total. The summed E-state index contributed by atoms with van der Waals surface area (Å²) >= 11 is 0. The van der Waals surface area contributed by atoms with E-state index in [1.165, 1.54) is 38.5 Å². The monoisotopic (exact) mass is 542 g/mol. The number of hydrogen-bond acceptors (Lipinski definition) is 5. The van der Waals surface area contributed by atoms with Gasteiger partial charge in [0.15, 0.2) is 0 Å². The van der Waals surface area contributed by atoms with Gasteiger partial charge in [0.05, 0.1) is 18.3 Å². The normalized spacial score (nSPS) is 25.8. The highest BCUT2D eigenvalue weighted by Crippen LogP contribution is 2.42. The molecule has 0 aliphatic heterocycles. The van der Waals surface area contributed by atoms with Gasteiger partial charge in [0.1, 0.15) is 5.56 Å². The average Bonchev–Trinajstić information content (AvgIpc) is 3.56. The molecule has 8 heteroatoms. The molecule has 3 fully saturated rings. The molecule has 218 valence electrons. The number of nitrogens with zero attached hydrogens (tertiary/aromatic N) is 2. The Morgan fingerprint density at radius 1 is 1.18 bits per heavy atom. The molecule has 3 unspecified atom stereocenters. The van der Waals surface area contributed by atoms with E-state index in [9.17, 15) is 14.7 Å². The predicted molar refractivity (Wildman–Crippen MR) is 153 cm³/mol. The molecule has 0 saturated heterocycles. The number of aliphatic hydroxyl groups is 1. The first-order chi connectivity index (χ1) is 18.6. The van der Waals surface area contributed by atoms with Crippen LogP contribution in [-0.4, -0.2) is 51.5 Å². The van der Waals surface area contributed by atoms with Gasteiger partial charge in [-0.1, -0.05) is 52.4 Å².